The highest BCUT2D eigenvalue weighted by atomic mass is 35.5. The van der Waals surface area contributed by atoms with Crippen molar-refractivity contribution < 1.29 is 0 Å². The van der Waals surface area contributed by atoms with Crippen molar-refractivity contribution in [1.29, 1.82) is 10.8 Å². The number of nitrogen functional groups attached to an aromatic ring is 2. The Bertz CT molecular complexity index is 941. The van der Waals surface area contributed by atoms with Crippen molar-refractivity contribution >= 4 is 45.8 Å². The monoisotopic (exact) mass is 345 g/mol. The van der Waals surface area contributed by atoms with Crippen LogP contribution in [0.2, 0.25) is 10.0 Å². The van der Waals surface area contributed by atoms with Crippen molar-refractivity contribution in [2.24, 2.45) is 11.5 Å². The van der Waals surface area contributed by atoms with E-state index in [0.29, 0.717) is 37.8 Å². The number of hydrogen-bond donors (Lipinski definition) is 5. The van der Waals surface area contributed by atoms with Crippen LogP contribution in [0.25, 0.3) is 22.2 Å². The van der Waals surface area contributed by atoms with Crippen LogP contribution in [0.3, 0.4) is 0 Å². The van der Waals surface area contributed by atoms with Crippen LogP contribution in [0.5, 0.6) is 0 Å². The maximum atomic E-state index is 7.54. The molecule has 0 bridgehead atoms. The minimum absolute atomic E-state index is 0.00781. The summed E-state index contributed by atoms with van der Waals surface area (Å²) in [6.07, 6.45) is 0. The molecule has 0 unspecified atom stereocenters. The lowest BCUT2D eigenvalue weighted by atomic mass is 10.1. The quantitative estimate of drug-likeness (QED) is 0.367. The molecule has 0 radical (unpaired) electrons. The summed E-state index contributed by atoms with van der Waals surface area (Å²) in [4.78, 5) is 3.21. The molecule has 0 atom stereocenters. The van der Waals surface area contributed by atoms with Crippen LogP contribution in [0.1, 0.15) is 11.1 Å². The van der Waals surface area contributed by atoms with E-state index in [1.165, 1.54) is 0 Å². The Labute approximate surface area is 142 Å². The molecule has 0 aliphatic rings. The van der Waals surface area contributed by atoms with Gasteiger partial charge in [-0.15, -0.1) is 0 Å². The standard InChI is InChI=1S/C16H13Cl2N5/c17-10-5-9(16(21)22)6-11-12(10)13(18)14(23-11)7-1-3-8(4-2-7)15(19)20/h1-6,23H,(H3,19,20)(H3,21,22). The lowest BCUT2D eigenvalue weighted by Gasteiger charge is -2.02. The zero-order valence-electron chi connectivity index (χ0n) is 11.9. The number of benzene rings is 2. The van der Waals surface area contributed by atoms with E-state index in [9.17, 15) is 0 Å². The van der Waals surface area contributed by atoms with Crippen LogP contribution in [0.15, 0.2) is 36.4 Å². The van der Waals surface area contributed by atoms with Gasteiger partial charge in [0.1, 0.15) is 11.7 Å². The van der Waals surface area contributed by atoms with E-state index in [1.807, 2.05) is 12.1 Å². The molecule has 0 saturated carbocycles. The molecule has 0 spiro atoms. The second-order valence-corrected chi connectivity index (χ2v) is 5.88. The number of H-pyrrole nitrogens is 1. The molecule has 0 saturated heterocycles. The Hall–Kier alpha value is -2.50. The van der Waals surface area contributed by atoms with Crippen LogP contribution >= 0.6 is 23.2 Å². The number of nitrogens with one attached hydrogen (secondary N) is 3. The summed E-state index contributed by atoms with van der Waals surface area (Å²) >= 11 is 12.7. The highest BCUT2D eigenvalue weighted by molar-refractivity contribution is 6.44. The van der Waals surface area contributed by atoms with Crippen LogP contribution in [0, 0.1) is 10.8 Å². The minimum Gasteiger partial charge on any atom is -0.384 e. The number of rotatable bonds is 3. The fraction of sp³-hybridized carbons (Fsp3) is 0. The number of fused-ring (bicyclic) bond motifs is 1. The van der Waals surface area contributed by atoms with Crippen LogP contribution < -0.4 is 11.5 Å². The predicted octanol–water partition coefficient (Wildman–Crippen LogP) is 3.71. The topological polar surface area (TPSA) is 116 Å². The van der Waals surface area contributed by atoms with Gasteiger partial charge < -0.3 is 16.5 Å². The summed E-state index contributed by atoms with van der Waals surface area (Å²) in [6.45, 7) is 0. The molecule has 7 N–H and O–H groups in total. The Morgan fingerprint density at radius 1 is 0.913 bits per heavy atom. The van der Waals surface area contributed by atoms with Gasteiger partial charge in [0.05, 0.1) is 15.7 Å². The second kappa shape index (κ2) is 5.61. The SMILES string of the molecule is N=C(N)c1ccc(-c2[nH]c3cc(C(=N)N)cc(Cl)c3c2Cl)cc1. The first-order chi connectivity index (χ1) is 10.9. The fourth-order valence-corrected chi connectivity index (χ4v) is 3.14. The average Bonchev–Trinajstić information content (AvgIpc) is 2.84. The van der Waals surface area contributed by atoms with Gasteiger partial charge in [0, 0.05) is 22.0 Å². The van der Waals surface area contributed by atoms with E-state index in [1.54, 1.807) is 24.3 Å². The van der Waals surface area contributed by atoms with E-state index in [0.717, 1.165) is 5.56 Å². The molecule has 1 aromatic heterocycles. The third-order valence-electron chi connectivity index (χ3n) is 3.58. The third kappa shape index (κ3) is 2.65. The van der Waals surface area contributed by atoms with Gasteiger partial charge in [-0.3, -0.25) is 10.8 Å². The normalized spacial score (nSPS) is 10.9. The lowest BCUT2D eigenvalue weighted by molar-refractivity contribution is 1.41. The zero-order valence-corrected chi connectivity index (χ0v) is 13.4. The molecular weight excluding hydrogens is 333 g/mol. The zero-order chi connectivity index (χ0) is 16.7. The average molecular weight is 346 g/mol. The lowest BCUT2D eigenvalue weighted by Crippen LogP contribution is -2.10. The predicted molar refractivity (Wildman–Crippen MR) is 95.8 cm³/mol. The summed E-state index contributed by atoms with van der Waals surface area (Å²) in [6, 6.07) is 10.5. The number of aromatic amines is 1. The fourth-order valence-electron chi connectivity index (χ4n) is 2.41. The van der Waals surface area contributed by atoms with Crippen molar-refractivity contribution in [1.82, 2.24) is 4.98 Å². The smallest absolute Gasteiger partial charge is 0.122 e. The summed E-state index contributed by atoms with van der Waals surface area (Å²) in [7, 11) is 0. The van der Waals surface area contributed by atoms with Crippen LogP contribution in [-0.4, -0.2) is 16.7 Å². The Kier molecular flexibility index (Phi) is 3.75. The van der Waals surface area contributed by atoms with Gasteiger partial charge in [0.25, 0.3) is 0 Å². The van der Waals surface area contributed by atoms with Crippen LogP contribution in [0.4, 0.5) is 0 Å². The number of nitrogens with two attached hydrogens (primary N) is 2. The van der Waals surface area contributed by atoms with Gasteiger partial charge in [-0.05, 0) is 17.7 Å². The number of hydrogen-bond acceptors (Lipinski definition) is 2. The molecule has 1 heterocycles. The highest BCUT2D eigenvalue weighted by Crippen LogP contribution is 2.38. The van der Waals surface area contributed by atoms with E-state index in [2.05, 4.69) is 4.98 Å². The molecule has 2 aromatic carbocycles. The molecule has 5 nitrogen and oxygen atoms in total. The van der Waals surface area contributed by atoms with Crippen molar-refractivity contribution in [2.75, 3.05) is 0 Å². The van der Waals surface area contributed by atoms with E-state index in [4.69, 9.17) is 45.5 Å². The number of amidine groups is 2. The molecule has 0 aliphatic heterocycles. The summed E-state index contributed by atoms with van der Waals surface area (Å²) in [5, 5.41) is 16.6. The summed E-state index contributed by atoms with van der Waals surface area (Å²) in [5.74, 6) is -0.0553. The molecule has 116 valence electrons. The van der Waals surface area contributed by atoms with Gasteiger partial charge in [-0.25, -0.2) is 0 Å². The van der Waals surface area contributed by atoms with E-state index < -0.39 is 0 Å². The van der Waals surface area contributed by atoms with Gasteiger partial charge >= 0.3 is 0 Å². The Morgan fingerprint density at radius 2 is 1.52 bits per heavy atom. The van der Waals surface area contributed by atoms with Crippen LogP contribution in [-0.2, 0) is 0 Å². The van der Waals surface area contributed by atoms with Gasteiger partial charge in [-0.1, -0.05) is 47.5 Å². The first kappa shape index (κ1) is 15.4. The number of aromatic nitrogens is 1. The molecule has 0 aliphatic carbocycles. The highest BCUT2D eigenvalue weighted by Gasteiger charge is 2.16. The van der Waals surface area contributed by atoms with E-state index >= 15 is 0 Å². The maximum absolute atomic E-state index is 7.54. The Balaban J connectivity index is 2.18. The van der Waals surface area contributed by atoms with E-state index in [-0.39, 0.29) is 11.7 Å². The first-order valence-corrected chi connectivity index (χ1v) is 7.44. The van der Waals surface area contributed by atoms with Gasteiger partial charge in [-0.2, -0.15) is 0 Å². The second-order valence-electron chi connectivity index (χ2n) is 5.10. The van der Waals surface area contributed by atoms with Crippen molar-refractivity contribution in [2.45, 2.75) is 0 Å². The van der Waals surface area contributed by atoms with Crippen molar-refractivity contribution in [3.05, 3.63) is 57.6 Å². The van der Waals surface area contributed by atoms with Gasteiger partial charge in [0.15, 0.2) is 0 Å². The first-order valence-electron chi connectivity index (χ1n) is 6.68. The maximum Gasteiger partial charge on any atom is 0.122 e. The third-order valence-corrected chi connectivity index (χ3v) is 4.26. The molecular formula is C16H13Cl2N5. The summed E-state index contributed by atoms with van der Waals surface area (Å²) in [5.41, 5.74) is 14.4. The molecule has 7 heteroatoms. The molecule has 0 amide bonds. The molecule has 23 heavy (non-hydrogen) atoms. The molecule has 3 rings (SSSR count). The number of halogens is 2. The van der Waals surface area contributed by atoms with Crippen molar-refractivity contribution in [3.63, 3.8) is 0 Å². The van der Waals surface area contributed by atoms with Crippen molar-refractivity contribution in [3.8, 4) is 11.3 Å². The minimum atomic E-state index is -0.0631. The largest absolute Gasteiger partial charge is 0.384 e. The molecule has 3 aromatic rings. The molecule has 0 fully saturated rings. The Morgan fingerprint density at radius 3 is 2.09 bits per heavy atom. The van der Waals surface area contributed by atoms with Gasteiger partial charge in [0.2, 0.25) is 0 Å². The summed E-state index contributed by atoms with van der Waals surface area (Å²) < 4.78 is 0.